The third kappa shape index (κ3) is 2.58. The monoisotopic (exact) mass is 196 g/mol. The van der Waals surface area contributed by atoms with Crippen molar-refractivity contribution < 1.29 is 9.53 Å². The van der Waals surface area contributed by atoms with Crippen LogP contribution in [-0.4, -0.2) is 23.0 Å². The standard InChI is InChI=1S/C10H16N2O2/c1-4-8-7(2)11-9(12-8)5-6-10(13)14-3/h4-6H2,1-3H3,(H,11,12). The summed E-state index contributed by atoms with van der Waals surface area (Å²) < 4.78 is 4.55. The number of imidazole rings is 1. The largest absolute Gasteiger partial charge is 0.469 e. The molecule has 1 heterocycles. The molecule has 0 spiro atoms. The van der Waals surface area contributed by atoms with E-state index in [1.54, 1.807) is 0 Å². The fraction of sp³-hybridized carbons (Fsp3) is 0.600. The lowest BCUT2D eigenvalue weighted by atomic mass is 10.3. The maximum absolute atomic E-state index is 10.9. The number of carbonyl (C=O) groups excluding carboxylic acids is 1. The van der Waals surface area contributed by atoms with Crippen molar-refractivity contribution in [1.29, 1.82) is 0 Å². The van der Waals surface area contributed by atoms with Crippen LogP contribution in [0.1, 0.15) is 30.6 Å². The number of ether oxygens (including phenoxy) is 1. The van der Waals surface area contributed by atoms with Gasteiger partial charge >= 0.3 is 5.97 Å². The highest BCUT2D eigenvalue weighted by atomic mass is 16.5. The maximum Gasteiger partial charge on any atom is 0.305 e. The first-order valence-electron chi connectivity index (χ1n) is 4.78. The average molecular weight is 196 g/mol. The van der Waals surface area contributed by atoms with Gasteiger partial charge in [-0.15, -0.1) is 0 Å². The number of methoxy groups -OCH3 is 1. The predicted molar refractivity (Wildman–Crippen MR) is 53.0 cm³/mol. The first-order valence-corrected chi connectivity index (χ1v) is 4.78. The number of H-pyrrole nitrogens is 1. The molecule has 0 saturated heterocycles. The molecule has 0 saturated carbocycles. The number of rotatable bonds is 4. The first kappa shape index (κ1) is 10.8. The summed E-state index contributed by atoms with van der Waals surface area (Å²) in [4.78, 5) is 18.4. The van der Waals surface area contributed by atoms with E-state index in [2.05, 4.69) is 21.6 Å². The van der Waals surface area contributed by atoms with E-state index in [-0.39, 0.29) is 5.97 Å². The van der Waals surface area contributed by atoms with Crippen molar-refractivity contribution in [2.75, 3.05) is 7.11 Å². The van der Waals surface area contributed by atoms with Gasteiger partial charge in [-0.2, -0.15) is 0 Å². The Morgan fingerprint density at radius 3 is 2.79 bits per heavy atom. The van der Waals surface area contributed by atoms with Crippen LogP contribution >= 0.6 is 0 Å². The van der Waals surface area contributed by atoms with E-state index in [9.17, 15) is 4.79 Å². The van der Waals surface area contributed by atoms with Gasteiger partial charge in [0.15, 0.2) is 0 Å². The molecule has 0 amide bonds. The fourth-order valence-corrected chi connectivity index (χ4v) is 1.35. The Bertz CT molecular complexity index is 318. The number of nitrogens with one attached hydrogen (secondary N) is 1. The number of hydrogen-bond acceptors (Lipinski definition) is 3. The zero-order valence-corrected chi connectivity index (χ0v) is 8.89. The summed E-state index contributed by atoms with van der Waals surface area (Å²) in [6, 6.07) is 0. The van der Waals surface area contributed by atoms with Gasteiger partial charge in [-0.25, -0.2) is 4.98 Å². The van der Waals surface area contributed by atoms with E-state index in [0.29, 0.717) is 12.8 Å². The zero-order chi connectivity index (χ0) is 10.6. The Kier molecular flexibility index (Phi) is 3.68. The van der Waals surface area contributed by atoms with Crippen LogP contribution in [0.5, 0.6) is 0 Å². The molecule has 78 valence electrons. The highest BCUT2D eigenvalue weighted by molar-refractivity contribution is 5.69. The highest BCUT2D eigenvalue weighted by Gasteiger charge is 2.07. The number of carbonyl (C=O) groups is 1. The minimum atomic E-state index is -0.197. The van der Waals surface area contributed by atoms with Crippen molar-refractivity contribution in [2.24, 2.45) is 0 Å². The Morgan fingerprint density at radius 2 is 2.29 bits per heavy atom. The highest BCUT2D eigenvalue weighted by Crippen LogP contribution is 2.07. The van der Waals surface area contributed by atoms with E-state index >= 15 is 0 Å². The molecule has 0 unspecified atom stereocenters. The van der Waals surface area contributed by atoms with Gasteiger partial charge in [0.2, 0.25) is 0 Å². The van der Waals surface area contributed by atoms with Gasteiger partial charge < -0.3 is 9.72 Å². The SMILES string of the molecule is CCc1nc(CCC(=O)OC)[nH]c1C. The third-order valence-electron chi connectivity index (χ3n) is 2.16. The van der Waals surface area contributed by atoms with Crippen LogP contribution < -0.4 is 0 Å². The van der Waals surface area contributed by atoms with Gasteiger partial charge in [-0.1, -0.05) is 6.92 Å². The van der Waals surface area contributed by atoms with Crippen LogP contribution in [0.15, 0.2) is 0 Å². The number of aryl methyl sites for hydroxylation is 3. The normalized spacial score (nSPS) is 10.2. The molecule has 0 fully saturated rings. The molecular formula is C10H16N2O2. The van der Waals surface area contributed by atoms with Crippen LogP contribution in [0.2, 0.25) is 0 Å². The van der Waals surface area contributed by atoms with Gasteiger partial charge in [0, 0.05) is 12.1 Å². The summed E-state index contributed by atoms with van der Waals surface area (Å²) in [5.74, 6) is 0.668. The molecule has 1 aromatic rings. The van der Waals surface area contributed by atoms with Crippen molar-refractivity contribution in [3.8, 4) is 0 Å². The molecule has 1 N–H and O–H groups in total. The van der Waals surface area contributed by atoms with Gasteiger partial charge in [0.1, 0.15) is 5.82 Å². The second kappa shape index (κ2) is 4.79. The Balaban J connectivity index is 2.55. The molecule has 0 radical (unpaired) electrons. The Hall–Kier alpha value is -1.32. The molecule has 14 heavy (non-hydrogen) atoms. The lowest BCUT2D eigenvalue weighted by molar-refractivity contribution is -0.140. The van der Waals surface area contributed by atoms with Crippen LogP contribution in [0.3, 0.4) is 0 Å². The molecule has 4 nitrogen and oxygen atoms in total. The van der Waals surface area contributed by atoms with Gasteiger partial charge in [-0.05, 0) is 13.3 Å². The number of aromatic nitrogens is 2. The summed E-state index contributed by atoms with van der Waals surface area (Å²) in [6.45, 7) is 4.06. The quantitative estimate of drug-likeness (QED) is 0.740. The van der Waals surface area contributed by atoms with E-state index in [4.69, 9.17) is 0 Å². The van der Waals surface area contributed by atoms with E-state index in [1.807, 2.05) is 6.92 Å². The Morgan fingerprint density at radius 1 is 1.57 bits per heavy atom. The van der Waals surface area contributed by atoms with Crippen molar-refractivity contribution in [3.05, 3.63) is 17.2 Å². The summed E-state index contributed by atoms with van der Waals surface area (Å²) in [5, 5.41) is 0. The lowest BCUT2D eigenvalue weighted by Crippen LogP contribution is -2.02. The second-order valence-corrected chi connectivity index (χ2v) is 3.18. The smallest absolute Gasteiger partial charge is 0.305 e. The molecule has 0 aliphatic rings. The van der Waals surface area contributed by atoms with Crippen LogP contribution in [0.4, 0.5) is 0 Å². The number of esters is 1. The lowest BCUT2D eigenvalue weighted by Gasteiger charge is -1.95. The minimum Gasteiger partial charge on any atom is -0.469 e. The summed E-state index contributed by atoms with van der Waals surface area (Å²) in [5.41, 5.74) is 2.16. The summed E-state index contributed by atoms with van der Waals surface area (Å²) in [6.07, 6.45) is 1.92. The van der Waals surface area contributed by atoms with Gasteiger partial charge in [0.25, 0.3) is 0 Å². The summed E-state index contributed by atoms with van der Waals surface area (Å²) in [7, 11) is 1.40. The second-order valence-electron chi connectivity index (χ2n) is 3.18. The fourth-order valence-electron chi connectivity index (χ4n) is 1.35. The van der Waals surface area contributed by atoms with Crippen LogP contribution in [-0.2, 0) is 22.4 Å². The number of nitrogens with zero attached hydrogens (tertiary/aromatic N) is 1. The van der Waals surface area contributed by atoms with Crippen molar-refractivity contribution in [2.45, 2.75) is 33.1 Å². The average Bonchev–Trinajstić information content (AvgIpc) is 2.55. The van der Waals surface area contributed by atoms with Gasteiger partial charge in [-0.3, -0.25) is 4.79 Å². The minimum absolute atomic E-state index is 0.197. The molecule has 0 atom stereocenters. The molecule has 0 aliphatic heterocycles. The van der Waals surface area contributed by atoms with Crippen molar-refractivity contribution >= 4 is 5.97 Å². The van der Waals surface area contributed by atoms with Crippen molar-refractivity contribution in [3.63, 3.8) is 0 Å². The maximum atomic E-state index is 10.9. The molecule has 1 rings (SSSR count). The zero-order valence-electron chi connectivity index (χ0n) is 8.89. The summed E-state index contributed by atoms with van der Waals surface area (Å²) >= 11 is 0. The third-order valence-corrected chi connectivity index (χ3v) is 2.16. The molecule has 1 aromatic heterocycles. The topological polar surface area (TPSA) is 55.0 Å². The van der Waals surface area contributed by atoms with Crippen LogP contribution in [0.25, 0.3) is 0 Å². The van der Waals surface area contributed by atoms with E-state index in [1.165, 1.54) is 7.11 Å². The molecule has 0 bridgehead atoms. The number of aromatic amines is 1. The molecule has 0 aromatic carbocycles. The number of hydrogen-bond donors (Lipinski definition) is 1. The van der Waals surface area contributed by atoms with Crippen molar-refractivity contribution in [1.82, 2.24) is 9.97 Å². The first-order chi connectivity index (χ1) is 6.67. The molecule has 0 aliphatic carbocycles. The predicted octanol–water partition coefficient (Wildman–Crippen LogP) is 1.39. The van der Waals surface area contributed by atoms with E-state index in [0.717, 1.165) is 23.6 Å². The molecular weight excluding hydrogens is 180 g/mol. The Labute approximate surface area is 83.7 Å². The van der Waals surface area contributed by atoms with E-state index < -0.39 is 0 Å². The van der Waals surface area contributed by atoms with Gasteiger partial charge in [0.05, 0.1) is 19.2 Å². The molecule has 4 heteroatoms. The van der Waals surface area contributed by atoms with Crippen LogP contribution in [0, 0.1) is 6.92 Å².